The smallest absolute Gasteiger partial charge is 0.430 e. The van der Waals surface area contributed by atoms with E-state index in [0.29, 0.717) is 6.07 Å². The Hall–Kier alpha value is -2.45. The van der Waals surface area contributed by atoms with Gasteiger partial charge in [-0.3, -0.25) is 4.68 Å². The normalized spacial score (nSPS) is 13.0. The number of carbonyl (C=O) groups is 1. The van der Waals surface area contributed by atoms with Gasteiger partial charge >= 0.3 is 12.1 Å². The molecule has 1 heterocycles. The molecular formula is C15H13F5N2O2. The highest BCUT2D eigenvalue weighted by molar-refractivity contribution is 5.89. The first-order valence-corrected chi connectivity index (χ1v) is 6.75. The summed E-state index contributed by atoms with van der Waals surface area (Å²) in [5, 5.41) is 3.86. The fraction of sp³-hybridized carbons (Fsp3) is 0.333. The molecule has 2 aromatic rings. The van der Waals surface area contributed by atoms with Gasteiger partial charge in [-0.1, -0.05) is 0 Å². The molecule has 0 bridgehead atoms. The first-order chi connectivity index (χ1) is 11.0. The highest BCUT2D eigenvalue weighted by atomic mass is 19.4. The van der Waals surface area contributed by atoms with Gasteiger partial charge in [-0.15, -0.1) is 0 Å². The van der Waals surface area contributed by atoms with Gasteiger partial charge in [0.25, 0.3) is 0 Å². The molecule has 0 spiro atoms. The number of alkyl halides is 3. The van der Waals surface area contributed by atoms with Crippen LogP contribution in [0.1, 0.15) is 33.4 Å². The average Bonchev–Trinajstić information content (AvgIpc) is 2.68. The summed E-state index contributed by atoms with van der Waals surface area (Å²) in [6.07, 6.45) is -7.53. The minimum absolute atomic E-state index is 0.0321. The van der Waals surface area contributed by atoms with Gasteiger partial charge in [-0.25, -0.2) is 13.6 Å². The molecule has 1 aromatic carbocycles. The van der Waals surface area contributed by atoms with E-state index in [1.165, 1.54) is 25.6 Å². The molecule has 2 rings (SSSR count). The van der Waals surface area contributed by atoms with E-state index in [1.54, 1.807) is 0 Å². The van der Waals surface area contributed by atoms with Crippen molar-refractivity contribution >= 4 is 5.97 Å². The molecule has 1 aromatic heterocycles. The zero-order valence-electron chi connectivity index (χ0n) is 12.9. The molecule has 0 aliphatic rings. The minimum Gasteiger partial charge on any atom is -0.444 e. The summed E-state index contributed by atoms with van der Waals surface area (Å²) in [6, 6.07) is 1.87. The van der Waals surface area contributed by atoms with E-state index in [4.69, 9.17) is 0 Å². The van der Waals surface area contributed by atoms with Gasteiger partial charge in [0, 0.05) is 24.4 Å². The van der Waals surface area contributed by atoms with Crippen LogP contribution >= 0.6 is 0 Å². The van der Waals surface area contributed by atoms with Crippen LogP contribution < -0.4 is 0 Å². The number of esters is 1. The Bertz CT molecular complexity index is 783. The molecule has 0 fully saturated rings. The summed E-state index contributed by atoms with van der Waals surface area (Å²) in [5.74, 6) is -3.81. The Balaban J connectivity index is 2.42. The van der Waals surface area contributed by atoms with Crippen LogP contribution in [0.5, 0.6) is 0 Å². The Morgan fingerprint density at radius 2 is 1.88 bits per heavy atom. The highest BCUT2D eigenvalue weighted by Gasteiger charge is 2.47. The maximum absolute atomic E-state index is 13.6. The van der Waals surface area contributed by atoms with Crippen LogP contribution in [0, 0.1) is 25.5 Å². The van der Waals surface area contributed by atoms with Crippen LogP contribution in [0.25, 0.3) is 0 Å². The van der Waals surface area contributed by atoms with Gasteiger partial charge in [0.1, 0.15) is 11.6 Å². The number of hydrogen-bond donors (Lipinski definition) is 0. The third-order valence-corrected chi connectivity index (χ3v) is 3.50. The van der Waals surface area contributed by atoms with E-state index in [1.807, 2.05) is 0 Å². The fourth-order valence-electron chi connectivity index (χ4n) is 2.28. The van der Waals surface area contributed by atoms with Crippen molar-refractivity contribution in [2.75, 3.05) is 0 Å². The quantitative estimate of drug-likeness (QED) is 0.626. The van der Waals surface area contributed by atoms with Gasteiger partial charge in [-0.2, -0.15) is 18.3 Å². The predicted molar refractivity (Wildman–Crippen MR) is 73.3 cm³/mol. The van der Waals surface area contributed by atoms with Crippen molar-refractivity contribution in [1.82, 2.24) is 9.78 Å². The molecule has 9 heteroatoms. The van der Waals surface area contributed by atoms with Crippen molar-refractivity contribution in [3.8, 4) is 0 Å². The monoisotopic (exact) mass is 348 g/mol. The van der Waals surface area contributed by atoms with E-state index in [2.05, 4.69) is 9.84 Å². The summed E-state index contributed by atoms with van der Waals surface area (Å²) in [5.41, 5.74) is -0.919. The van der Waals surface area contributed by atoms with Crippen LogP contribution in [-0.4, -0.2) is 21.9 Å². The summed E-state index contributed by atoms with van der Waals surface area (Å²) in [6.45, 7) is 2.73. The third kappa shape index (κ3) is 3.39. The molecule has 4 nitrogen and oxygen atoms in total. The van der Waals surface area contributed by atoms with Crippen molar-refractivity contribution in [2.45, 2.75) is 26.1 Å². The van der Waals surface area contributed by atoms with Gasteiger partial charge in [0.2, 0.25) is 6.10 Å². The van der Waals surface area contributed by atoms with Crippen molar-refractivity contribution in [3.63, 3.8) is 0 Å². The topological polar surface area (TPSA) is 44.1 Å². The predicted octanol–water partition coefficient (Wildman–Crippen LogP) is 3.78. The standard InChI is InChI=1S/C15H13F5N2O2/c1-7-12(8(2)22(3)21-7)13(15(18,19)20)24-14(23)10-5-4-9(16)6-11(10)17/h4-6,13H,1-3H3. The van der Waals surface area contributed by atoms with Crippen LogP contribution in [0.15, 0.2) is 18.2 Å². The molecule has 0 saturated carbocycles. The Morgan fingerprint density at radius 3 is 2.33 bits per heavy atom. The van der Waals surface area contributed by atoms with E-state index >= 15 is 0 Å². The number of hydrogen-bond acceptors (Lipinski definition) is 3. The van der Waals surface area contributed by atoms with Gasteiger partial charge in [0.05, 0.1) is 11.3 Å². The van der Waals surface area contributed by atoms with Crippen LogP contribution in [-0.2, 0) is 11.8 Å². The maximum Gasteiger partial charge on any atom is 0.430 e. The summed E-state index contributed by atoms with van der Waals surface area (Å²) in [4.78, 5) is 11.9. The maximum atomic E-state index is 13.6. The molecule has 130 valence electrons. The Morgan fingerprint density at radius 1 is 1.25 bits per heavy atom. The summed E-state index contributed by atoms with van der Waals surface area (Å²) in [7, 11) is 1.45. The van der Waals surface area contributed by atoms with E-state index < -0.39 is 35.4 Å². The summed E-state index contributed by atoms with van der Waals surface area (Å²) >= 11 is 0. The first kappa shape index (κ1) is 17.9. The second-order valence-corrected chi connectivity index (χ2v) is 5.16. The van der Waals surface area contributed by atoms with Gasteiger partial charge in [-0.05, 0) is 26.0 Å². The number of ether oxygens (including phenoxy) is 1. The Kier molecular flexibility index (Phi) is 4.63. The average molecular weight is 348 g/mol. The molecule has 0 amide bonds. The van der Waals surface area contributed by atoms with Gasteiger partial charge in [0.15, 0.2) is 0 Å². The van der Waals surface area contributed by atoms with Crippen LogP contribution in [0.2, 0.25) is 0 Å². The lowest BCUT2D eigenvalue weighted by Gasteiger charge is -2.21. The van der Waals surface area contributed by atoms with Crippen molar-refractivity contribution in [1.29, 1.82) is 0 Å². The van der Waals surface area contributed by atoms with Crippen molar-refractivity contribution in [2.24, 2.45) is 7.05 Å². The summed E-state index contributed by atoms with van der Waals surface area (Å²) < 4.78 is 72.2. The lowest BCUT2D eigenvalue weighted by Crippen LogP contribution is -2.27. The number of nitrogens with zero attached hydrogens (tertiary/aromatic N) is 2. The Labute approximate surface area is 133 Å². The van der Waals surface area contributed by atoms with E-state index in [9.17, 15) is 26.7 Å². The largest absolute Gasteiger partial charge is 0.444 e. The lowest BCUT2D eigenvalue weighted by atomic mass is 10.1. The fourth-order valence-corrected chi connectivity index (χ4v) is 2.28. The minimum atomic E-state index is -4.93. The van der Waals surface area contributed by atoms with E-state index in [-0.39, 0.29) is 17.0 Å². The molecule has 0 radical (unpaired) electrons. The molecule has 0 saturated heterocycles. The first-order valence-electron chi connectivity index (χ1n) is 6.75. The molecule has 0 N–H and O–H groups in total. The molecule has 0 aliphatic heterocycles. The molecule has 0 aliphatic carbocycles. The van der Waals surface area contributed by atoms with Crippen molar-refractivity contribution < 1.29 is 31.5 Å². The number of benzene rings is 1. The number of halogens is 5. The second kappa shape index (κ2) is 6.21. The SMILES string of the molecule is Cc1nn(C)c(C)c1C(OC(=O)c1ccc(F)cc1F)C(F)(F)F. The zero-order valence-corrected chi connectivity index (χ0v) is 12.9. The molecule has 24 heavy (non-hydrogen) atoms. The van der Waals surface area contributed by atoms with Crippen LogP contribution in [0.3, 0.4) is 0 Å². The van der Waals surface area contributed by atoms with E-state index in [0.717, 1.165) is 12.1 Å². The number of carbonyl (C=O) groups excluding carboxylic acids is 1. The molecule has 1 unspecified atom stereocenters. The zero-order chi connectivity index (χ0) is 18.2. The number of rotatable bonds is 3. The van der Waals surface area contributed by atoms with Gasteiger partial charge < -0.3 is 4.74 Å². The second-order valence-electron chi connectivity index (χ2n) is 5.16. The lowest BCUT2D eigenvalue weighted by molar-refractivity contribution is -0.207. The number of aromatic nitrogens is 2. The van der Waals surface area contributed by atoms with Crippen LogP contribution in [0.4, 0.5) is 22.0 Å². The van der Waals surface area contributed by atoms with Crippen molar-refractivity contribution in [3.05, 3.63) is 52.3 Å². The molecule has 1 atom stereocenters. The highest BCUT2D eigenvalue weighted by Crippen LogP contribution is 2.39. The third-order valence-electron chi connectivity index (χ3n) is 3.50. The molecular weight excluding hydrogens is 335 g/mol. The number of aryl methyl sites for hydroxylation is 2.